The van der Waals surface area contributed by atoms with Gasteiger partial charge in [-0.05, 0) is 41.0 Å². The fraction of sp³-hybridized carbons (Fsp3) is 1.00. The summed E-state index contributed by atoms with van der Waals surface area (Å²) in [5.74, 6) is 0. The van der Waals surface area contributed by atoms with Gasteiger partial charge in [0.1, 0.15) is 0 Å². The van der Waals surface area contributed by atoms with Crippen LogP contribution in [0.1, 0.15) is 41.0 Å². The van der Waals surface area contributed by atoms with Crippen LogP contribution in [-0.4, -0.2) is 27.9 Å². The van der Waals surface area contributed by atoms with E-state index in [1.54, 1.807) is 0 Å². The largest absolute Gasteiger partial charge is 0.328 e. The van der Waals surface area contributed by atoms with E-state index in [-0.39, 0.29) is 17.6 Å². The van der Waals surface area contributed by atoms with Crippen molar-refractivity contribution in [3.8, 4) is 0 Å². The predicted octanol–water partition coefficient (Wildman–Crippen LogP) is 1.60. The summed E-state index contributed by atoms with van der Waals surface area (Å²) in [6.45, 7) is 9.87. The van der Waals surface area contributed by atoms with Crippen LogP contribution in [0.3, 0.4) is 0 Å². The Hall–Kier alpha value is -0.120. The van der Waals surface area contributed by atoms with Gasteiger partial charge in [0, 0.05) is 17.6 Å². The van der Waals surface area contributed by atoms with Crippen LogP contribution in [0.15, 0.2) is 0 Å². The Balaban J connectivity index is 4.18. The highest BCUT2D eigenvalue weighted by atomic mass is 16.5. The van der Waals surface area contributed by atoms with E-state index < -0.39 is 0 Å². The van der Waals surface area contributed by atoms with E-state index in [2.05, 4.69) is 0 Å². The van der Waals surface area contributed by atoms with Gasteiger partial charge < -0.3 is 10.9 Å². The number of nitrogens with zero attached hydrogens (tertiary/aromatic N) is 1. The van der Waals surface area contributed by atoms with E-state index in [4.69, 9.17) is 5.73 Å². The van der Waals surface area contributed by atoms with Crippen LogP contribution in [0.5, 0.6) is 0 Å². The zero-order valence-electron chi connectivity index (χ0n) is 8.83. The summed E-state index contributed by atoms with van der Waals surface area (Å²) in [6, 6.07) is 0.257. The Morgan fingerprint density at radius 1 is 1.33 bits per heavy atom. The summed E-state index contributed by atoms with van der Waals surface area (Å²) in [4.78, 5) is 0. The normalized spacial score (nSPS) is 15.8. The van der Waals surface area contributed by atoms with E-state index in [1.807, 2.05) is 34.6 Å². The minimum Gasteiger partial charge on any atom is -0.328 e. The van der Waals surface area contributed by atoms with Crippen molar-refractivity contribution in [3.05, 3.63) is 0 Å². The van der Waals surface area contributed by atoms with Crippen molar-refractivity contribution in [1.82, 2.24) is 5.06 Å². The molecule has 0 aliphatic heterocycles. The molecule has 0 saturated carbocycles. The van der Waals surface area contributed by atoms with Crippen molar-refractivity contribution < 1.29 is 5.21 Å². The summed E-state index contributed by atoms with van der Waals surface area (Å²) in [7, 11) is 0. The second-order valence-corrected chi connectivity index (χ2v) is 4.43. The van der Waals surface area contributed by atoms with E-state index >= 15 is 0 Å². The van der Waals surface area contributed by atoms with Gasteiger partial charge in [-0.25, -0.2) is 0 Å². The molecule has 0 aromatic rings. The molecule has 1 unspecified atom stereocenters. The first-order valence-electron chi connectivity index (χ1n) is 4.51. The zero-order valence-corrected chi connectivity index (χ0v) is 8.83. The third-order valence-corrected chi connectivity index (χ3v) is 1.93. The first-order valence-corrected chi connectivity index (χ1v) is 4.51. The van der Waals surface area contributed by atoms with Crippen LogP contribution in [0.4, 0.5) is 0 Å². The molecule has 0 aliphatic rings. The number of rotatable bonds is 4. The van der Waals surface area contributed by atoms with Gasteiger partial charge in [0.25, 0.3) is 0 Å². The summed E-state index contributed by atoms with van der Waals surface area (Å²) in [5.41, 5.74) is 5.44. The number of hydrogen-bond acceptors (Lipinski definition) is 3. The molecule has 1 atom stereocenters. The zero-order chi connectivity index (χ0) is 9.94. The highest BCUT2D eigenvalue weighted by Gasteiger charge is 2.28. The molecule has 0 heterocycles. The van der Waals surface area contributed by atoms with Gasteiger partial charge in [-0.15, -0.1) is 0 Å². The summed E-state index contributed by atoms with van der Waals surface area (Å²) < 4.78 is 0. The minimum atomic E-state index is -0.234. The van der Waals surface area contributed by atoms with Crippen molar-refractivity contribution in [3.63, 3.8) is 0 Å². The molecule has 0 fully saturated rings. The maximum absolute atomic E-state index is 9.68. The lowest BCUT2D eigenvalue weighted by Crippen LogP contribution is -2.48. The van der Waals surface area contributed by atoms with Crippen LogP contribution in [0, 0.1) is 0 Å². The van der Waals surface area contributed by atoms with Crippen molar-refractivity contribution in [1.29, 1.82) is 0 Å². The molecule has 12 heavy (non-hydrogen) atoms. The molecular weight excluding hydrogens is 152 g/mol. The lowest BCUT2D eigenvalue weighted by atomic mass is 9.95. The first kappa shape index (κ1) is 11.9. The number of hydroxylamine groups is 2. The van der Waals surface area contributed by atoms with Gasteiger partial charge >= 0.3 is 0 Å². The second-order valence-electron chi connectivity index (χ2n) is 4.43. The van der Waals surface area contributed by atoms with E-state index in [0.29, 0.717) is 0 Å². The summed E-state index contributed by atoms with van der Waals surface area (Å²) >= 11 is 0. The fourth-order valence-corrected chi connectivity index (χ4v) is 1.58. The molecule has 3 heteroatoms. The highest BCUT2D eigenvalue weighted by Crippen LogP contribution is 2.20. The number of hydrogen-bond donors (Lipinski definition) is 2. The topological polar surface area (TPSA) is 49.5 Å². The SMILES string of the molecule is CC(N)CC(C)(C)N(O)C(C)C. The molecule has 0 bridgehead atoms. The van der Waals surface area contributed by atoms with E-state index in [9.17, 15) is 5.21 Å². The molecule has 0 aromatic heterocycles. The first-order chi connectivity index (χ1) is 5.27. The van der Waals surface area contributed by atoms with Gasteiger partial charge in [-0.3, -0.25) is 0 Å². The molecule has 0 amide bonds. The fourth-order valence-electron chi connectivity index (χ4n) is 1.58. The van der Waals surface area contributed by atoms with Crippen molar-refractivity contribution in [2.75, 3.05) is 0 Å². The van der Waals surface area contributed by atoms with Gasteiger partial charge in [-0.1, -0.05) is 0 Å². The van der Waals surface area contributed by atoms with Crippen LogP contribution < -0.4 is 5.73 Å². The molecule has 3 N–H and O–H groups in total. The highest BCUT2D eigenvalue weighted by molar-refractivity contribution is 4.81. The van der Waals surface area contributed by atoms with Gasteiger partial charge in [0.05, 0.1) is 0 Å². The standard InChI is InChI=1S/C9H22N2O/c1-7(2)11(12)9(4,5)6-8(3)10/h7-8,12H,6,10H2,1-5H3. The van der Waals surface area contributed by atoms with Gasteiger partial charge in [-0.2, -0.15) is 5.06 Å². The maximum atomic E-state index is 9.68. The maximum Gasteiger partial charge on any atom is 0.0421 e. The molecule has 0 aliphatic carbocycles. The van der Waals surface area contributed by atoms with Crippen molar-refractivity contribution >= 4 is 0 Å². The molecule has 0 radical (unpaired) electrons. The third kappa shape index (κ3) is 3.52. The number of nitrogens with two attached hydrogens (primary N) is 1. The Labute approximate surface area is 75.5 Å². The Bertz CT molecular complexity index is 132. The van der Waals surface area contributed by atoms with E-state index in [0.717, 1.165) is 6.42 Å². The molecule has 3 nitrogen and oxygen atoms in total. The molecule has 0 aromatic carbocycles. The van der Waals surface area contributed by atoms with Crippen LogP contribution >= 0.6 is 0 Å². The monoisotopic (exact) mass is 174 g/mol. The molecule has 0 rings (SSSR count). The Morgan fingerprint density at radius 3 is 2.00 bits per heavy atom. The smallest absolute Gasteiger partial charge is 0.0421 e. The average molecular weight is 174 g/mol. The molecule has 0 saturated heterocycles. The Morgan fingerprint density at radius 2 is 1.75 bits per heavy atom. The average Bonchev–Trinajstić information content (AvgIpc) is 1.82. The van der Waals surface area contributed by atoms with E-state index in [1.165, 1.54) is 5.06 Å². The van der Waals surface area contributed by atoms with Gasteiger partial charge in [0.2, 0.25) is 0 Å². The quantitative estimate of drug-likeness (QED) is 0.636. The lowest BCUT2D eigenvalue weighted by molar-refractivity contribution is -0.187. The second kappa shape index (κ2) is 4.21. The summed E-state index contributed by atoms with van der Waals surface area (Å²) in [6.07, 6.45) is 0.793. The third-order valence-electron chi connectivity index (χ3n) is 1.93. The molecule has 74 valence electrons. The minimum absolute atomic E-state index is 0.119. The predicted molar refractivity (Wildman–Crippen MR) is 51.1 cm³/mol. The van der Waals surface area contributed by atoms with Gasteiger partial charge in [0.15, 0.2) is 0 Å². The summed E-state index contributed by atoms with van der Waals surface area (Å²) in [5, 5.41) is 11.1. The molecule has 0 spiro atoms. The van der Waals surface area contributed by atoms with Crippen molar-refractivity contribution in [2.45, 2.75) is 58.7 Å². The lowest BCUT2D eigenvalue weighted by Gasteiger charge is -2.37. The molecular formula is C9H22N2O. The van der Waals surface area contributed by atoms with Crippen LogP contribution in [-0.2, 0) is 0 Å². The van der Waals surface area contributed by atoms with Crippen LogP contribution in [0.2, 0.25) is 0 Å². The van der Waals surface area contributed by atoms with Crippen LogP contribution in [0.25, 0.3) is 0 Å². The Kier molecular flexibility index (Phi) is 4.17. The van der Waals surface area contributed by atoms with Crippen molar-refractivity contribution in [2.24, 2.45) is 5.73 Å².